The molecule has 0 atom stereocenters. The number of para-hydroxylation sites is 1. The molecule has 2 aromatic heterocycles. The van der Waals surface area contributed by atoms with Crippen molar-refractivity contribution in [3.8, 4) is 11.5 Å². The van der Waals surface area contributed by atoms with Crippen molar-refractivity contribution in [3.05, 3.63) is 42.6 Å². The molecule has 0 aliphatic carbocycles. The van der Waals surface area contributed by atoms with E-state index in [4.69, 9.17) is 4.42 Å². The second kappa shape index (κ2) is 4.49. The van der Waals surface area contributed by atoms with Crippen LogP contribution in [0.25, 0.3) is 22.4 Å². The lowest BCUT2D eigenvalue weighted by atomic mass is 10.2. The predicted octanol–water partition coefficient (Wildman–Crippen LogP) is 3.32. The Morgan fingerprint density at radius 3 is 2.94 bits per heavy atom. The van der Waals surface area contributed by atoms with Crippen LogP contribution in [0.2, 0.25) is 0 Å². The molecule has 2 heterocycles. The van der Waals surface area contributed by atoms with Crippen molar-refractivity contribution in [2.45, 2.75) is 6.92 Å². The summed E-state index contributed by atoms with van der Waals surface area (Å²) in [6.07, 6.45) is 1.73. The van der Waals surface area contributed by atoms with Crippen molar-refractivity contribution < 1.29 is 4.42 Å². The first-order valence-electron chi connectivity index (χ1n) is 5.92. The number of fused-ring (bicyclic) bond motifs is 1. The normalized spacial score (nSPS) is 10.7. The van der Waals surface area contributed by atoms with Gasteiger partial charge in [0.05, 0.1) is 0 Å². The number of anilines is 1. The molecule has 0 amide bonds. The zero-order valence-corrected chi connectivity index (χ0v) is 10.1. The molecule has 0 saturated carbocycles. The number of hydrogen-bond donors (Lipinski definition) is 1. The van der Waals surface area contributed by atoms with E-state index in [9.17, 15) is 0 Å². The van der Waals surface area contributed by atoms with Crippen molar-refractivity contribution in [2.24, 2.45) is 0 Å². The third kappa shape index (κ3) is 1.93. The summed E-state index contributed by atoms with van der Waals surface area (Å²) in [5.74, 6) is 1.38. The smallest absolute Gasteiger partial charge is 0.223 e. The van der Waals surface area contributed by atoms with Gasteiger partial charge in [-0.05, 0) is 25.1 Å². The first-order valence-corrected chi connectivity index (χ1v) is 5.92. The molecule has 0 radical (unpaired) electrons. The first-order chi connectivity index (χ1) is 8.86. The number of aromatic nitrogens is 2. The van der Waals surface area contributed by atoms with Crippen LogP contribution in [0.15, 0.2) is 47.0 Å². The highest BCUT2D eigenvalue weighted by Crippen LogP contribution is 2.26. The predicted molar refractivity (Wildman–Crippen MR) is 71.4 cm³/mol. The highest BCUT2D eigenvalue weighted by Gasteiger charge is 2.07. The van der Waals surface area contributed by atoms with Crippen LogP contribution < -0.4 is 5.32 Å². The fourth-order valence-electron chi connectivity index (χ4n) is 1.85. The van der Waals surface area contributed by atoms with Crippen molar-refractivity contribution in [1.82, 2.24) is 9.97 Å². The molecule has 4 nitrogen and oxygen atoms in total. The molecule has 0 unspecified atom stereocenters. The number of nitrogens with zero attached hydrogens (tertiary/aromatic N) is 2. The highest BCUT2D eigenvalue weighted by atomic mass is 16.3. The van der Waals surface area contributed by atoms with Crippen LogP contribution in [0.5, 0.6) is 0 Å². The van der Waals surface area contributed by atoms with Crippen LogP contribution in [0.1, 0.15) is 6.92 Å². The van der Waals surface area contributed by atoms with E-state index in [1.807, 2.05) is 43.3 Å². The summed E-state index contributed by atoms with van der Waals surface area (Å²) < 4.78 is 5.77. The quantitative estimate of drug-likeness (QED) is 0.761. The van der Waals surface area contributed by atoms with Gasteiger partial charge in [-0.15, -0.1) is 0 Å². The molecular weight excluding hydrogens is 226 g/mol. The van der Waals surface area contributed by atoms with E-state index in [0.717, 1.165) is 29.0 Å². The minimum atomic E-state index is 0.621. The number of nitrogens with one attached hydrogen (secondary N) is 1. The molecule has 3 aromatic rings. The molecule has 0 spiro atoms. The molecule has 0 aliphatic heterocycles. The maximum Gasteiger partial charge on any atom is 0.223 e. The minimum Gasteiger partial charge on any atom is -0.454 e. The average molecular weight is 239 g/mol. The third-order valence-corrected chi connectivity index (χ3v) is 2.67. The Morgan fingerprint density at radius 1 is 1.22 bits per heavy atom. The van der Waals surface area contributed by atoms with E-state index in [2.05, 4.69) is 15.3 Å². The molecule has 1 N–H and O–H groups in total. The number of hydrogen-bond acceptors (Lipinski definition) is 4. The summed E-state index contributed by atoms with van der Waals surface area (Å²) in [7, 11) is 0. The van der Waals surface area contributed by atoms with Crippen molar-refractivity contribution >= 4 is 16.9 Å². The Bertz CT molecular complexity index is 642. The van der Waals surface area contributed by atoms with Gasteiger partial charge in [0.1, 0.15) is 11.3 Å². The van der Waals surface area contributed by atoms with E-state index in [1.54, 1.807) is 6.20 Å². The van der Waals surface area contributed by atoms with E-state index < -0.39 is 0 Å². The fraction of sp³-hybridized carbons (Fsp3) is 0.143. The van der Waals surface area contributed by atoms with Crippen molar-refractivity contribution in [1.29, 1.82) is 0 Å². The van der Waals surface area contributed by atoms with E-state index in [-0.39, 0.29) is 0 Å². The average Bonchev–Trinajstić information content (AvgIpc) is 2.83. The van der Waals surface area contributed by atoms with Gasteiger partial charge in [-0.2, -0.15) is 0 Å². The van der Waals surface area contributed by atoms with E-state index in [0.29, 0.717) is 5.95 Å². The SMILES string of the molecule is CCNc1nccc(-c2cc3ccccc3o2)n1. The molecule has 0 bridgehead atoms. The Kier molecular flexibility index (Phi) is 2.68. The molecule has 90 valence electrons. The molecule has 1 aromatic carbocycles. The van der Waals surface area contributed by atoms with Gasteiger partial charge >= 0.3 is 0 Å². The Morgan fingerprint density at radius 2 is 2.11 bits per heavy atom. The summed E-state index contributed by atoms with van der Waals surface area (Å²) in [5, 5.41) is 4.17. The van der Waals surface area contributed by atoms with Crippen molar-refractivity contribution in [2.75, 3.05) is 11.9 Å². The van der Waals surface area contributed by atoms with Gasteiger partial charge in [-0.1, -0.05) is 18.2 Å². The lowest BCUT2D eigenvalue weighted by molar-refractivity contribution is 0.628. The van der Waals surface area contributed by atoms with Gasteiger partial charge in [0.2, 0.25) is 5.95 Å². The van der Waals surface area contributed by atoms with Crippen molar-refractivity contribution in [3.63, 3.8) is 0 Å². The third-order valence-electron chi connectivity index (χ3n) is 2.67. The lowest BCUT2D eigenvalue weighted by Gasteiger charge is -2.01. The number of benzene rings is 1. The van der Waals surface area contributed by atoms with Gasteiger partial charge in [0.15, 0.2) is 5.76 Å². The van der Waals surface area contributed by atoms with E-state index >= 15 is 0 Å². The molecule has 0 fully saturated rings. The fourth-order valence-corrected chi connectivity index (χ4v) is 1.85. The van der Waals surface area contributed by atoms with Gasteiger partial charge in [0.25, 0.3) is 0 Å². The maximum absolute atomic E-state index is 5.77. The maximum atomic E-state index is 5.77. The summed E-state index contributed by atoms with van der Waals surface area (Å²) in [6, 6.07) is 11.8. The Hall–Kier alpha value is -2.36. The standard InChI is InChI=1S/C14H13N3O/c1-2-15-14-16-8-7-11(17-14)13-9-10-5-3-4-6-12(10)18-13/h3-9H,2H2,1H3,(H,15,16,17). The summed E-state index contributed by atoms with van der Waals surface area (Å²) in [5.41, 5.74) is 1.66. The van der Waals surface area contributed by atoms with Crippen LogP contribution >= 0.6 is 0 Å². The lowest BCUT2D eigenvalue weighted by Crippen LogP contribution is -2.01. The molecule has 4 heteroatoms. The topological polar surface area (TPSA) is 51.0 Å². The summed E-state index contributed by atoms with van der Waals surface area (Å²) in [4.78, 5) is 8.56. The molecule has 18 heavy (non-hydrogen) atoms. The zero-order valence-electron chi connectivity index (χ0n) is 10.1. The number of rotatable bonds is 3. The molecule has 0 saturated heterocycles. The second-order valence-electron chi connectivity index (χ2n) is 3.94. The highest BCUT2D eigenvalue weighted by molar-refractivity contribution is 5.82. The first kappa shape index (κ1) is 10.8. The van der Waals surface area contributed by atoms with Crippen LogP contribution in [-0.2, 0) is 0 Å². The van der Waals surface area contributed by atoms with Gasteiger partial charge in [-0.25, -0.2) is 9.97 Å². The monoisotopic (exact) mass is 239 g/mol. The van der Waals surface area contributed by atoms with Crippen LogP contribution in [0.4, 0.5) is 5.95 Å². The minimum absolute atomic E-state index is 0.621. The van der Waals surface area contributed by atoms with Gasteiger partial charge in [-0.3, -0.25) is 0 Å². The zero-order chi connectivity index (χ0) is 12.4. The van der Waals surface area contributed by atoms with Crippen LogP contribution in [-0.4, -0.2) is 16.5 Å². The van der Waals surface area contributed by atoms with Gasteiger partial charge in [0, 0.05) is 18.1 Å². The van der Waals surface area contributed by atoms with Gasteiger partial charge < -0.3 is 9.73 Å². The summed E-state index contributed by atoms with van der Waals surface area (Å²) in [6.45, 7) is 2.81. The molecular formula is C14H13N3O. The second-order valence-corrected chi connectivity index (χ2v) is 3.94. The molecule has 0 aliphatic rings. The van der Waals surface area contributed by atoms with E-state index in [1.165, 1.54) is 0 Å². The van der Waals surface area contributed by atoms with Crippen LogP contribution in [0.3, 0.4) is 0 Å². The van der Waals surface area contributed by atoms with Crippen LogP contribution in [0, 0.1) is 0 Å². The molecule has 3 rings (SSSR count). The summed E-state index contributed by atoms with van der Waals surface area (Å²) >= 11 is 0. The Balaban J connectivity index is 2.05. The largest absolute Gasteiger partial charge is 0.454 e. The Labute approximate surface area is 105 Å². The number of furan rings is 1.